The van der Waals surface area contributed by atoms with Gasteiger partial charge in [0.05, 0.1) is 0 Å². The summed E-state index contributed by atoms with van der Waals surface area (Å²) in [7, 11) is 0. The van der Waals surface area contributed by atoms with Gasteiger partial charge in [0.2, 0.25) is 0 Å². The molecule has 1 N–H and O–H groups in total. The van der Waals surface area contributed by atoms with E-state index < -0.39 is 0 Å². The van der Waals surface area contributed by atoms with Crippen molar-refractivity contribution in [2.45, 2.75) is 6.54 Å². The van der Waals surface area contributed by atoms with Gasteiger partial charge >= 0.3 is 0 Å². The Kier molecular flexibility index (Phi) is 3.63. The Bertz CT molecular complexity index is 964. The maximum absolute atomic E-state index is 13.1. The van der Waals surface area contributed by atoms with Gasteiger partial charge in [-0.3, -0.25) is 4.57 Å². The first-order chi connectivity index (χ1) is 11.8. The summed E-state index contributed by atoms with van der Waals surface area (Å²) in [6.07, 6.45) is 3.16. The lowest BCUT2D eigenvalue weighted by atomic mass is 10.2. The van der Waals surface area contributed by atoms with Gasteiger partial charge in [-0.15, -0.1) is 0 Å². The first-order valence-electron chi connectivity index (χ1n) is 7.53. The minimum absolute atomic E-state index is 0.275. The number of nitrogens with one attached hydrogen (secondary N) is 1. The van der Waals surface area contributed by atoms with Crippen LogP contribution >= 0.6 is 0 Å². The number of hydrogen-bond donors (Lipinski definition) is 1. The van der Waals surface area contributed by atoms with Crippen molar-refractivity contribution in [3.05, 3.63) is 78.6 Å². The van der Waals surface area contributed by atoms with Gasteiger partial charge in [0.15, 0.2) is 17.0 Å². The predicted molar refractivity (Wildman–Crippen MR) is 90.4 cm³/mol. The Morgan fingerprint density at radius 2 is 1.71 bits per heavy atom. The zero-order chi connectivity index (χ0) is 16.4. The maximum atomic E-state index is 13.1. The summed E-state index contributed by atoms with van der Waals surface area (Å²) < 4.78 is 14.9. The highest BCUT2D eigenvalue weighted by atomic mass is 19.1. The van der Waals surface area contributed by atoms with Crippen molar-refractivity contribution >= 4 is 17.0 Å². The zero-order valence-electron chi connectivity index (χ0n) is 12.7. The molecule has 5 nitrogen and oxygen atoms in total. The van der Waals surface area contributed by atoms with E-state index >= 15 is 0 Å². The van der Waals surface area contributed by atoms with E-state index in [9.17, 15) is 4.39 Å². The normalized spacial score (nSPS) is 10.9. The molecule has 0 spiro atoms. The molecule has 0 radical (unpaired) electrons. The largest absolute Gasteiger partial charge is 0.364 e. The molecular formula is C18H14FN5. The number of imidazole rings is 1. The summed E-state index contributed by atoms with van der Waals surface area (Å²) in [6, 6.07) is 16.3. The molecule has 0 atom stereocenters. The number of fused-ring (bicyclic) bond motifs is 1. The average Bonchev–Trinajstić information content (AvgIpc) is 3.06. The quantitative estimate of drug-likeness (QED) is 0.625. The van der Waals surface area contributed by atoms with Crippen LogP contribution in [0.3, 0.4) is 0 Å². The van der Waals surface area contributed by atoms with Crippen LogP contribution in [0.25, 0.3) is 16.9 Å². The lowest BCUT2D eigenvalue weighted by Crippen LogP contribution is -2.03. The van der Waals surface area contributed by atoms with Crippen LogP contribution < -0.4 is 5.32 Å². The van der Waals surface area contributed by atoms with Gasteiger partial charge < -0.3 is 5.32 Å². The SMILES string of the molecule is Fc1ccc(-n2cnc3c(NCc4ccccc4)ncnc32)cc1. The van der Waals surface area contributed by atoms with Crippen LogP contribution in [0, 0.1) is 5.82 Å². The Labute approximate surface area is 137 Å². The second kappa shape index (κ2) is 6.08. The van der Waals surface area contributed by atoms with Crippen molar-refractivity contribution in [2.24, 2.45) is 0 Å². The Hall–Kier alpha value is -3.28. The van der Waals surface area contributed by atoms with Crippen molar-refractivity contribution in [1.82, 2.24) is 19.5 Å². The van der Waals surface area contributed by atoms with Crippen molar-refractivity contribution < 1.29 is 4.39 Å². The molecule has 0 aliphatic rings. The molecule has 2 aromatic carbocycles. The number of aromatic nitrogens is 4. The molecule has 0 aliphatic carbocycles. The lowest BCUT2D eigenvalue weighted by Gasteiger charge is -2.07. The molecule has 2 aromatic heterocycles. The van der Waals surface area contributed by atoms with Gasteiger partial charge in [0.1, 0.15) is 18.5 Å². The second-order valence-electron chi connectivity index (χ2n) is 5.32. The number of nitrogens with zero attached hydrogens (tertiary/aromatic N) is 4. The van der Waals surface area contributed by atoms with Crippen LogP contribution in [-0.4, -0.2) is 19.5 Å². The smallest absolute Gasteiger partial charge is 0.170 e. The van der Waals surface area contributed by atoms with Crippen molar-refractivity contribution in [2.75, 3.05) is 5.32 Å². The molecule has 0 saturated carbocycles. The molecule has 0 unspecified atom stereocenters. The van der Waals surface area contributed by atoms with Crippen molar-refractivity contribution in [3.63, 3.8) is 0 Å². The van der Waals surface area contributed by atoms with E-state index in [1.165, 1.54) is 18.5 Å². The second-order valence-corrected chi connectivity index (χ2v) is 5.32. The fraction of sp³-hybridized carbons (Fsp3) is 0.0556. The van der Waals surface area contributed by atoms with Crippen molar-refractivity contribution in [1.29, 1.82) is 0 Å². The highest BCUT2D eigenvalue weighted by molar-refractivity contribution is 5.83. The summed E-state index contributed by atoms with van der Waals surface area (Å²) in [5.41, 5.74) is 3.30. The topological polar surface area (TPSA) is 55.6 Å². The molecule has 0 saturated heterocycles. The number of halogens is 1. The summed E-state index contributed by atoms with van der Waals surface area (Å²) >= 11 is 0. The van der Waals surface area contributed by atoms with E-state index in [1.54, 1.807) is 18.5 Å². The van der Waals surface area contributed by atoms with Crippen LogP contribution in [0.5, 0.6) is 0 Å². The number of benzene rings is 2. The van der Waals surface area contributed by atoms with E-state index in [2.05, 4.69) is 20.3 Å². The van der Waals surface area contributed by atoms with Gasteiger partial charge in [0, 0.05) is 12.2 Å². The Morgan fingerprint density at radius 3 is 2.50 bits per heavy atom. The first-order valence-corrected chi connectivity index (χ1v) is 7.53. The fourth-order valence-corrected chi connectivity index (χ4v) is 2.54. The molecule has 24 heavy (non-hydrogen) atoms. The van der Waals surface area contributed by atoms with Crippen LogP contribution in [0.4, 0.5) is 10.2 Å². The summed E-state index contributed by atoms with van der Waals surface area (Å²) in [5, 5.41) is 3.29. The molecule has 0 amide bonds. The highest BCUT2D eigenvalue weighted by Crippen LogP contribution is 2.21. The standard InChI is InChI=1S/C18H14FN5/c19-14-6-8-15(9-7-14)24-12-23-16-17(21-11-22-18(16)24)20-10-13-4-2-1-3-5-13/h1-9,11-12H,10H2,(H,20,21,22). The monoisotopic (exact) mass is 319 g/mol. The summed E-state index contributed by atoms with van der Waals surface area (Å²) in [5.74, 6) is 0.396. The van der Waals surface area contributed by atoms with Crippen LogP contribution in [0.1, 0.15) is 5.56 Å². The lowest BCUT2D eigenvalue weighted by molar-refractivity contribution is 0.627. The molecular weight excluding hydrogens is 305 g/mol. The zero-order valence-corrected chi connectivity index (χ0v) is 12.7. The highest BCUT2D eigenvalue weighted by Gasteiger charge is 2.11. The minimum Gasteiger partial charge on any atom is -0.364 e. The first kappa shape index (κ1) is 14.3. The van der Waals surface area contributed by atoms with E-state index in [0.29, 0.717) is 23.5 Å². The molecule has 0 fully saturated rings. The van der Waals surface area contributed by atoms with E-state index in [1.807, 2.05) is 34.9 Å². The van der Waals surface area contributed by atoms with Crippen LogP contribution in [-0.2, 0) is 6.54 Å². The van der Waals surface area contributed by atoms with Gasteiger partial charge in [-0.1, -0.05) is 30.3 Å². The van der Waals surface area contributed by atoms with Crippen LogP contribution in [0.2, 0.25) is 0 Å². The number of hydrogen-bond acceptors (Lipinski definition) is 4. The molecule has 0 bridgehead atoms. The van der Waals surface area contributed by atoms with Crippen molar-refractivity contribution in [3.8, 4) is 5.69 Å². The van der Waals surface area contributed by atoms with E-state index in [0.717, 1.165) is 11.3 Å². The third-order valence-corrected chi connectivity index (χ3v) is 3.74. The molecule has 4 rings (SSSR count). The third kappa shape index (κ3) is 2.69. The maximum Gasteiger partial charge on any atom is 0.170 e. The molecule has 0 aliphatic heterocycles. The molecule has 6 heteroatoms. The summed E-state index contributed by atoms with van der Waals surface area (Å²) in [4.78, 5) is 13.0. The predicted octanol–water partition coefficient (Wildman–Crippen LogP) is 3.57. The number of anilines is 1. The Morgan fingerprint density at radius 1 is 0.917 bits per heavy atom. The molecule has 2 heterocycles. The molecule has 118 valence electrons. The summed E-state index contributed by atoms with van der Waals surface area (Å²) in [6.45, 7) is 0.649. The Balaban J connectivity index is 1.67. The minimum atomic E-state index is -0.275. The third-order valence-electron chi connectivity index (χ3n) is 3.74. The number of rotatable bonds is 4. The fourth-order valence-electron chi connectivity index (χ4n) is 2.54. The molecule has 4 aromatic rings. The van der Waals surface area contributed by atoms with E-state index in [4.69, 9.17) is 0 Å². The van der Waals surface area contributed by atoms with E-state index in [-0.39, 0.29) is 5.82 Å². The van der Waals surface area contributed by atoms with Gasteiger partial charge in [-0.2, -0.15) is 0 Å². The van der Waals surface area contributed by atoms with Gasteiger partial charge in [0.25, 0.3) is 0 Å². The van der Waals surface area contributed by atoms with Gasteiger partial charge in [-0.05, 0) is 29.8 Å². The average molecular weight is 319 g/mol. The van der Waals surface area contributed by atoms with Gasteiger partial charge in [-0.25, -0.2) is 19.3 Å². The van der Waals surface area contributed by atoms with Crippen LogP contribution in [0.15, 0.2) is 67.3 Å².